The number of imidazole rings is 1. The second-order valence-electron chi connectivity index (χ2n) is 5.78. The number of amides is 1. The fraction of sp³-hybridized carbons (Fsp3) is 0.105. The summed E-state index contributed by atoms with van der Waals surface area (Å²) in [6.07, 6.45) is 3.61. The number of aromatic nitrogens is 3. The molecule has 0 atom stereocenters. The molecule has 26 heavy (non-hydrogen) atoms. The van der Waals surface area contributed by atoms with Gasteiger partial charge in [-0.25, -0.2) is 9.97 Å². The van der Waals surface area contributed by atoms with Crippen molar-refractivity contribution >= 4 is 34.1 Å². The van der Waals surface area contributed by atoms with Crippen LogP contribution in [-0.4, -0.2) is 27.4 Å². The summed E-state index contributed by atoms with van der Waals surface area (Å²) in [5.74, 6) is 0.501. The number of nitrogens with one attached hydrogen (secondary N) is 1. The van der Waals surface area contributed by atoms with Crippen molar-refractivity contribution in [2.24, 2.45) is 0 Å². The highest BCUT2D eigenvalue weighted by Gasteiger charge is 2.10. The Balaban J connectivity index is 1.50. The molecule has 0 saturated carbocycles. The van der Waals surface area contributed by atoms with Crippen molar-refractivity contribution in [1.29, 1.82) is 0 Å². The molecular formula is C19H15ClN4O2. The van der Waals surface area contributed by atoms with Gasteiger partial charge < -0.3 is 14.5 Å². The molecule has 1 aromatic carbocycles. The second-order valence-corrected chi connectivity index (χ2v) is 6.22. The first-order valence-corrected chi connectivity index (χ1v) is 8.36. The van der Waals surface area contributed by atoms with Gasteiger partial charge in [-0.1, -0.05) is 17.7 Å². The molecule has 0 bridgehead atoms. The van der Waals surface area contributed by atoms with E-state index in [0.717, 1.165) is 28.0 Å². The smallest absolute Gasteiger partial charge is 0.270 e. The number of nitrogens with zero attached hydrogens (tertiary/aromatic N) is 3. The summed E-state index contributed by atoms with van der Waals surface area (Å²) >= 11 is 5.97. The number of fused-ring (bicyclic) bond motifs is 2. The fourth-order valence-electron chi connectivity index (χ4n) is 2.72. The Morgan fingerprint density at radius 1 is 1.15 bits per heavy atom. The van der Waals surface area contributed by atoms with Crippen LogP contribution < -0.4 is 10.1 Å². The van der Waals surface area contributed by atoms with Crippen LogP contribution >= 0.6 is 11.6 Å². The van der Waals surface area contributed by atoms with Crippen LogP contribution in [0.2, 0.25) is 5.02 Å². The topological polar surface area (TPSA) is 68.5 Å². The first-order valence-electron chi connectivity index (χ1n) is 7.98. The van der Waals surface area contributed by atoms with E-state index in [-0.39, 0.29) is 5.91 Å². The number of pyridine rings is 2. The Labute approximate surface area is 154 Å². The number of carbonyl (C=O) groups is 1. The van der Waals surface area contributed by atoms with Crippen molar-refractivity contribution in [1.82, 2.24) is 19.7 Å². The molecular weight excluding hydrogens is 352 g/mol. The molecule has 7 heteroatoms. The Kier molecular flexibility index (Phi) is 4.18. The maximum atomic E-state index is 12.4. The van der Waals surface area contributed by atoms with E-state index in [1.54, 1.807) is 25.4 Å². The average Bonchev–Trinajstić information content (AvgIpc) is 3.07. The average molecular weight is 367 g/mol. The highest BCUT2D eigenvalue weighted by Crippen LogP contribution is 2.19. The summed E-state index contributed by atoms with van der Waals surface area (Å²) in [5.41, 5.74) is 2.61. The van der Waals surface area contributed by atoms with E-state index in [1.807, 2.05) is 40.9 Å². The Morgan fingerprint density at radius 3 is 2.88 bits per heavy atom. The molecule has 0 unspecified atom stereocenters. The van der Waals surface area contributed by atoms with Crippen LogP contribution in [0.25, 0.3) is 16.6 Å². The molecule has 0 aliphatic carbocycles. The second kappa shape index (κ2) is 6.65. The van der Waals surface area contributed by atoms with E-state index in [0.29, 0.717) is 17.3 Å². The van der Waals surface area contributed by atoms with E-state index in [4.69, 9.17) is 16.3 Å². The monoisotopic (exact) mass is 366 g/mol. The lowest BCUT2D eigenvalue weighted by atomic mass is 10.2. The molecule has 0 radical (unpaired) electrons. The summed E-state index contributed by atoms with van der Waals surface area (Å²) in [6.45, 7) is 0.306. The summed E-state index contributed by atoms with van der Waals surface area (Å²) in [5, 5.41) is 4.39. The molecule has 0 spiro atoms. The third-order valence-electron chi connectivity index (χ3n) is 4.02. The van der Waals surface area contributed by atoms with Crippen LogP contribution in [0.15, 0.2) is 54.9 Å². The van der Waals surface area contributed by atoms with Crippen LogP contribution in [-0.2, 0) is 6.54 Å². The standard InChI is InChI=1S/C19H15ClN4O2/c1-26-15-4-6-16-12(8-15)2-5-17(23-16)19(25)21-9-14-11-24-10-13(20)3-7-18(24)22-14/h2-8,10-11H,9H2,1H3,(H,21,25). The maximum Gasteiger partial charge on any atom is 0.270 e. The quantitative estimate of drug-likeness (QED) is 0.600. The van der Waals surface area contributed by atoms with Gasteiger partial charge in [-0.3, -0.25) is 4.79 Å². The van der Waals surface area contributed by atoms with Gasteiger partial charge in [-0.15, -0.1) is 0 Å². The van der Waals surface area contributed by atoms with Crippen molar-refractivity contribution in [3.05, 3.63) is 71.3 Å². The zero-order valence-corrected chi connectivity index (χ0v) is 14.7. The van der Waals surface area contributed by atoms with Gasteiger partial charge in [0.25, 0.3) is 5.91 Å². The van der Waals surface area contributed by atoms with E-state index in [9.17, 15) is 4.79 Å². The minimum Gasteiger partial charge on any atom is -0.497 e. The van der Waals surface area contributed by atoms with Crippen molar-refractivity contribution in [2.75, 3.05) is 7.11 Å². The molecule has 4 aromatic rings. The van der Waals surface area contributed by atoms with Gasteiger partial charge >= 0.3 is 0 Å². The summed E-state index contributed by atoms with van der Waals surface area (Å²) in [4.78, 5) is 21.3. The number of carbonyl (C=O) groups excluding carboxylic acids is 1. The first kappa shape index (κ1) is 16.4. The van der Waals surface area contributed by atoms with Gasteiger partial charge in [-0.2, -0.15) is 0 Å². The van der Waals surface area contributed by atoms with Gasteiger partial charge in [0.05, 0.1) is 29.9 Å². The number of hydrogen-bond acceptors (Lipinski definition) is 4. The SMILES string of the molecule is COc1ccc2nc(C(=O)NCc3cn4cc(Cl)ccc4n3)ccc2c1. The molecule has 6 nitrogen and oxygen atoms in total. The van der Waals surface area contributed by atoms with Crippen molar-refractivity contribution < 1.29 is 9.53 Å². The molecule has 0 fully saturated rings. The lowest BCUT2D eigenvalue weighted by Crippen LogP contribution is -2.23. The van der Waals surface area contributed by atoms with Crippen molar-refractivity contribution in [3.8, 4) is 5.75 Å². The normalized spacial score (nSPS) is 11.0. The van der Waals surface area contributed by atoms with Crippen LogP contribution in [0, 0.1) is 0 Å². The van der Waals surface area contributed by atoms with E-state index < -0.39 is 0 Å². The molecule has 0 saturated heterocycles. The minimum absolute atomic E-state index is 0.252. The predicted octanol–water partition coefficient (Wildman–Crippen LogP) is 3.47. The van der Waals surface area contributed by atoms with Gasteiger partial charge in [0, 0.05) is 17.8 Å². The number of rotatable bonds is 4. The lowest BCUT2D eigenvalue weighted by molar-refractivity contribution is 0.0946. The van der Waals surface area contributed by atoms with Crippen LogP contribution in [0.5, 0.6) is 5.75 Å². The number of benzene rings is 1. The molecule has 1 amide bonds. The van der Waals surface area contributed by atoms with Crippen LogP contribution in [0.3, 0.4) is 0 Å². The number of hydrogen-bond donors (Lipinski definition) is 1. The van der Waals surface area contributed by atoms with Gasteiger partial charge in [0.1, 0.15) is 17.1 Å². The number of ether oxygens (including phenoxy) is 1. The maximum absolute atomic E-state index is 12.4. The molecule has 1 N–H and O–H groups in total. The van der Waals surface area contributed by atoms with Gasteiger partial charge in [0.15, 0.2) is 0 Å². The van der Waals surface area contributed by atoms with Gasteiger partial charge in [0.2, 0.25) is 0 Å². The van der Waals surface area contributed by atoms with E-state index in [1.165, 1.54) is 0 Å². The van der Waals surface area contributed by atoms with E-state index >= 15 is 0 Å². The summed E-state index contributed by atoms with van der Waals surface area (Å²) in [6, 6.07) is 12.7. The highest BCUT2D eigenvalue weighted by atomic mass is 35.5. The zero-order chi connectivity index (χ0) is 18.1. The molecule has 3 aromatic heterocycles. The Hall–Kier alpha value is -3.12. The third kappa shape index (κ3) is 3.19. The summed E-state index contributed by atoms with van der Waals surface area (Å²) < 4.78 is 7.02. The largest absolute Gasteiger partial charge is 0.497 e. The lowest BCUT2D eigenvalue weighted by Gasteiger charge is -2.05. The van der Waals surface area contributed by atoms with Crippen LogP contribution in [0.4, 0.5) is 0 Å². The molecule has 3 heterocycles. The first-order chi connectivity index (χ1) is 12.6. The molecule has 0 aliphatic rings. The highest BCUT2D eigenvalue weighted by molar-refractivity contribution is 6.30. The Morgan fingerprint density at radius 2 is 2.04 bits per heavy atom. The molecule has 130 valence electrons. The Bertz CT molecular complexity index is 1120. The van der Waals surface area contributed by atoms with E-state index in [2.05, 4.69) is 15.3 Å². The molecule has 4 rings (SSSR count). The van der Waals surface area contributed by atoms with Gasteiger partial charge in [-0.05, 0) is 36.4 Å². The summed E-state index contributed by atoms with van der Waals surface area (Å²) in [7, 11) is 1.61. The number of halogens is 1. The van der Waals surface area contributed by atoms with Crippen LogP contribution in [0.1, 0.15) is 16.2 Å². The predicted molar refractivity (Wildman–Crippen MR) is 99.7 cm³/mol. The van der Waals surface area contributed by atoms with Crippen molar-refractivity contribution in [2.45, 2.75) is 6.54 Å². The number of methoxy groups -OCH3 is 1. The fourth-order valence-corrected chi connectivity index (χ4v) is 2.89. The zero-order valence-electron chi connectivity index (χ0n) is 13.9. The minimum atomic E-state index is -0.252. The van der Waals surface area contributed by atoms with Crippen molar-refractivity contribution in [3.63, 3.8) is 0 Å². The molecule has 0 aliphatic heterocycles. The third-order valence-corrected chi connectivity index (χ3v) is 4.25.